The second kappa shape index (κ2) is 15.7. The van der Waals surface area contributed by atoms with Gasteiger partial charge in [0.15, 0.2) is 11.6 Å². The lowest BCUT2D eigenvalue weighted by Gasteiger charge is -2.25. The highest BCUT2D eigenvalue weighted by atomic mass is 35.5. The summed E-state index contributed by atoms with van der Waals surface area (Å²) in [6.07, 6.45) is 0. The Hall–Kier alpha value is -3.71. The molecule has 0 atom stereocenters. The Morgan fingerprint density at radius 3 is 1.79 bits per heavy atom. The maximum absolute atomic E-state index is 14.3. The van der Waals surface area contributed by atoms with Crippen LogP contribution in [0.5, 0.6) is 5.75 Å². The molecule has 268 valence electrons. The van der Waals surface area contributed by atoms with Gasteiger partial charge in [-0.1, -0.05) is 131 Å². The van der Waals surface area contributed by atoms with Crippen molar-refractivity contribution >= 4 is 77.2 Å². The summed E-state index contributed by atoms with van der Waals surface area (Å²) in [6.45, 7) is -0.592. The van der Waals surface area contributed by atoms with Crippen LogP contribution in [0.3, 0.4) is 0 Å². The Labute approximate surface area is 321 Å². The van der Waals surface area contributed by atoms with Crippen LogP contribution in [0.25, 0.3) is 10.8 Å². The fourth-order valence-corrected chi connectivity index (χ4v) is 9.95. The molecule has 14 heteroatoms. The summed E-state index contributed by atoms with van der Waals surface area (Å²) in [6, 6.07) is 32.9. The number of aromatic hydroxyl groups is 1. The predicted molar refractivity (Wildman–Crippen MR) is 204 cm³/mol. The lowest BCUT2D eigenvalue weighted by molar-refractivity contribution is 0.393. The van der Waals surface area contributed by atoms with Crippen molar-refractivity contribution in [1.82, 2.24) is 8.61 Å². The Kier molecular flexibility index (Phi) is 11.5. The molecular formula is C38H29Cl4FN2O5S2. The van der Waals surface area contributed by atoms with Crippen molar-refractivity contribution in [1.29, 1.82) is 0 Å². The van der Waals surface area contributed by atoms with E-state index in [4.69, 9.17) is 46.4 Å². The Morgan fingerprint density at radius 2 is 1.12 bits per heavy atom. The maximum atomic E-state index is 14.3. The van der Waals surface area contributed by atoms with Crippen LogP contribution in [0, 0.1) is 5.82 Å². The third-order valence-electron chi connectivity index (χ3n) is 8.33. The van der Waals surface area contributed by atoms with E-state index in [-0.39, 0.29) is 51.2 Å². The van der Waals surface area contributed by atoms with Crippen LogP contribution in [0.2, 0.25) is 20.1 Å². The standard InChI is InChI=1S/C38H29Cl4FN2O5S2/c39-30-19-35(42)38(46)36(20-30)52(49,50)45(24-29-12-7-11-28-10-4-5-15-32(28)29)22-26-9-6-8-25(16-26)21-44(51(47,48)31-13-2-1-3-14-31)23-27-17-33(40)37(43)34(41)18-27/h1-20,46H,21-24H2. The summed E-state index contributed by atoms with van der Waals surface area (Å²) >= 11 is 24.5. The van der Waals surface area contributed by atoms with E-state index < -0.39 is 36.5 Å². The fourth-order valence-electron chi connectivity index (χ4n) is 5.83. The van der Waals surface area contributed by atoms with Crippen LogP contribution in [0.1, 0.15) is 22.3 Å². The van der Waals surface area contributed by atoms with Crippen molar-refractivity contribution in [2.45, 2.75) is 36.0 Å². The average Bonchev–Trinajstić information content (AvgIpc) is 3.12. The monoisotopic (exact) mass is 816 g/mol. The quantitative estimate of drug-likeness (QED) is 0.124. The van der Waals surface area contributed by atoms with Crippen LogP contribution in [0.4, 0.5) is 4.39 Å². The number of rotatable bonds is 12. The Balaban J connectivity index is 1.39. The molecule has 7 nitrogen and oxygen atoms in total. The minimum absolute atomic E-state index is 0.0249. The molecule has 0 unspecified atom stereocenters. The van der Waals surface area contributed by atoms with Gasteiger partial charge < -0.3 is 5.11 Å². The van der Waals surface area contributed by atoms with Gasteiger partial charge in [0.05, 0.1) is 20.0 Å². The molecule has 0 fully saturated rings. The number of phenolic OH excluding ortho intramolecular Hbond substituents is 1. The normalized spacial score (nSPS) is 12.2. The minimum atomic E-state index is -4.44. The van der Waals surface area contributed by atoms with Crippen molar-refractivity contribution < 1.29 is 26.3 Å². The molecule has 0 saturated carbocycles. The highest BCUT2D eigenvalue weighted by molar-refractivity contribution is 7.89. The first-order valence-corrected chi connectivity index (χ1v) is 20.0. The zero-order valence-electron chi connectivity index (χ0n) is 27.1. The summed E-state index contributed by atoms with van der Waals surface area (Å²) in [5.41, 5.74) is 2.13. The second-order valence-corrected chi connectivity index (χ2v) is 17.4. The Morgan fingerprint density at radius 1 is 0.558 bits per heavy atom. The maximum Gasteiger partial charge on any atom is 0.247 e. The van der Waals surface area contributed by atoms with Gasteiger partial charge in [0.25, 0.3) is 0 Å². The number of hydrogen-bond donors (Lipinski definition) is 1. The first-order chi connectivity index (χ1) is 24.7. The summed E-state index contributed by atoms with van der Waals surface area (Å²) < 4.78 is 73.3. The van der Waals surface area contributed by atoms with Crippen LogP contribution in [0.15, 0.2) is 131 Å². The number of nitrogens with zero attached hydrogens (tertiary/aromatic N) is 2. The molecule has 0 saturated heterocycles. The van der Waals surface area contributed by atoms with E-state index in [0.29, 0.717) is 22.3 Å². The van der Waals surface area contributed by atoms with E-state index in [2.05, 4.69) is 0 Å². The number of benzene rings is 6. The Bertz CT molecular complexity index is 2480. The zero-order chi connectivity index (χ0) is 37.2. The third-order valence-corrected chi connectivity index (χ3v) is 13.0. The van der Waals surface area contributed by atoms with E-state index >= 15 is 0 Å². The number of sulfonamides is 2. The molecule has 0 amide bonds. The van der Waals surface area contributed by atoms with Crippen molar-refractivity contribution in [3.8, 4) is 5.75 Å². The van der Waals surface area contributed by atoms with E-state index in [1.165, 1.54) is 38.9 Å². The molecule has 52 heavy (non-hydrogen) atoms. The van der Waals surface area contributed by atoms with Gasteiger partial charge in [-0.2, -0.15) is 8.61 Å². The summed E-state index contributed by atoms with van der Waals surface area (Å²) in [5.74, 6) is -1.45. The fraction of sp³-hybridized carbons (Fsp3) is 0.105. The molecule has 0 aliphatic carbocycles. The van der Waals surface area contributed by atoms with Crippen molar-refractivity contribution in [3.63, 3.8) is 0 Å². The largest absolute Gasteiger partial charge is 0.505 e. The van der Waals surface area contributed by atoms with Gasteiger partial charge in [-0.05, 0) is 69.4 Å². The van der Waals surface area contributed by atoms with E-state index in [1.54, 1.807) is 42.5 Å². The smallest absolute Gasteiger partial charge is 0.247 e. The lowest BCUT2D eigenvalue weighted by atomic mass is 10.0. The van der Waals surface area contributed by atoms with Gasteiger partial charge in [0, 0.05) is 31.2 Å². The van der Waals surface area contributed by atoms with Gasteiger partial charge in [-0.15, -0.1) is 0 Å². The minimum Gasteiger partial charge on any atom is -0.505 e. The van der Waals surface area contributed by atoms with Crippen LogP contribution in [-0.4, -0.2) is 30.6 Å². The summed E-state index contributed by atoms with van der Waals surface area (Å²) in [4.78, 5) is -0.420. The number of fused-ring (bicyclic) bond motifs is 1. The van der Waals surface area contributed by atoms with E-state index in [0.717, 1.165) is 16.8 Å². The average molecular weight is 819 g/mol. The molecule has 0 aromatic heterocycles. The zero-order valence-corrected chi connectivity index (χ0v) is 31.7. The molecule has 0 spiro atoms. The first kappa shape index (κ1) is 38.0. The van der Waals surface area contributed by atoms with Gasteiger partial charge in [-0.3, -0.25) is 0 Å². The predicted octanol–water partition coefficient (Wildman–Crippen LogP) is 10.1. The molecule has 0 heterocycles. The topological polar surface area (TPSA) is 95.0 Å². The second-order valence-electron chi connectivity index (χ2n) is 11.9. The molecule has 0 aliphatic rings. The van der Waals surface area contributed by atoms with Gasteiger partial charge in [0.1, 0.15) is 4.90 Å². The molecule has 6 aromatic rings. The molecule has 6 aromatic carbocycles. The molecule has 0 aliphatic heterocycles. The van der Waals surface area contributed by atoms with Crippen molar-refractivity contribution in [2.24, 2.45) is 0 Å². The first-order valence-electron chi connectivity index (χ1n) is 15.7. The van der Waals surface area contributed by atoms with E-state index in [1.807, 2.05) is 42.5 Å². The number of hydrogen-bond acceptors (Lipinski definition) is 5. The van der Waals surface area contributed by atoms with Gasteiger partial charge >= 0.3 is 0 Å². The highest BCUT2D eigenvalue weighted by Crippen LogP contribution is 2.37. The van der Waals surface area contributed by atoms with Crippen LogP contribution in [-0.2, 0) is 46.2 Å². The lowest BCUT2D eigenvalue weighted by Crippen LogP contribution is -2.31. The van der Waals surface area contributed by atoms with Gasteiger partial charge in [0.2, 0.25) is 20.0 Å². The summed E-state index contributed by atoms with van der Waals surface area (Å²) in [5, 5.41) is 11.9. The SMILES string of the molecule is O=S(=O)(c1ccccc1)N(Cc1cccc(CN(Cc2cccc3ccccc23)S(=O)(=O)c2cc(Cl)cc(Cl)c2O)c1)Cc1cc(Cl)c(F)c(Cl)c1. The molecule has 0 radical (unpaired) electrons. The van der Waals surface area contributed by atoms with Crippen LogP contribution < -0.4 is 0 Å². The number of halogens is 5. The summed E-state index contributed by atoms with van der Waals surface area (Å²) in [7, 11) is -8.55. The van der Waals surface area contributed by atoms with E-state index in [9.17, 15) is 26.3 Å². The van der Waals surface area contributed by atoms with Crippen molar-refractivity contribution in [2.75, 3.05) is 0 Å². The van der Waals surface area contributed by atoms with Gasteiger partial charge in [-0.25, -0.2) is 21.2 Å². The molecular weight excluding hydrogens is 789 g/mol. The van der Waals surface area contributed by atoms with Crippen LogP contribution >= 0.6 is 46.4 Å². The molecule has 0 bridgehead atoms. The van der Waals surface area contributed by atoms with Crippen molar-refractivity contribution in [3.05, 3.63) is 169 Å². The number of phenols is 1. The highest BCUT2D eigenvalue weighted by Gasteiger charge is 2.31. The molecule has 6 rings (SSSR count). The molecule has 1 N–H and O–H groups in total. The third kappa shape index (κ3) is 8.25.